The standard InChI is InChI=1S/C19H11N3O5/c20-12-15(13-4-6-16(7-5-13)21(23)24)11-18-8-9-19(27-18)14-2-1-3-17(10-14)22(25)26/h1-11H/b15-11-. The van der Waals surface area contributed by atoms with Gasteiger partial charge in [0, 0.05) is 29.8 Å². The van der Waals surface area contributed by atoms with E-state index < -0.39 is 9.85 Å². The molecule has 2 aromatic carbocycles. The quantitative estimate of drug-likeness (QED) is 0.364. The molecule has 3 rings (SSSR count). The molecule has 1 heterocycles. The summed E-state index contributed by atoms with van der Waals surface area (Å²) in [6.45, 7) is 0. The summed E-state index contributed by atoms with van der Waals surface area (Å²) in [7, 11) is 0. The summed E-state index contributed by atoms with van der Waals surface area (Å²) >= 11 is 0. The number of furan rings is 1. The van der Waals surface area contributed by atoms with E-state index >= 15 is 0 Å². The number of benzene rings is 2. The van der Waals surface area contributed by atoms with E-state index in [9.17, 15) is 25.5 Å². The van der Waals surface area contributed by atoms with Gasteiger partial charge in [-0.05, 0) is 35.9 Å². The van der Waals surface area contributed by atoms with Gasteiger partial charge in [-0.25, -0.2) is 0 Å². The predicted molar refractivity (Wildman–Crippen MR) is 97.4 cm³/mol. The Hall–Kier alpha value is -4.25. The van der Waals surface area contributed by atoms with Gasteiger partial charge >= 0.3 is 0 Å². The maximum atomic E-state index is 10.9. The Morgan fingerprint density at radius 3 is 2.30 bits per heavy atom. The van der Waals surface area contributed by atoms with Crippen molar-refractivity contribution in [2.24, 2.45) is 0 Å². The van der Waals surface area contributed by atoms with Gasteiger partial charge in [0.2, 0.25) is 0 Å². The van der Waals surface area contributed by atoms with E-state index in [0.717, 1.165) is 0 Å². The first-order valence-corrected chi connectivity index (χ1v) is 7.69. The summed E-state index contributed by atoms with van der Waals surface area (Å²) in [4.78, 5) is 20.6. The molecule has 0 amide bonds. The van der Waals surface area contributed by atoms with Crippen molar-refractivity contribution in [1.29, 1.82) is 5.26 Å². The number of nitriles is 1. The second-order valence-corrected chi connectivity index (χ2v) is 5.48. The van der Waals surface area contributed by atoms with E-state index in [1.165, 1.54) is 42.5 Å². The van der Waals surface area contributed by atoms with Gasteiger partial charge in [0.05, 0.1) is 21.5 Å². The number of non-ortho nitro benzene ring substituents is 2. The number of allylic oxidation sites excluding steroid dienone is 1. The molecule has 0 bridgehead atoms. The summed E-state index contributed by atoms with van der Waals surface area (Å²) in [6.07, 6.45) is 1.50. The molecule has 0 aliphatic carbocycles. The van der Waals surface area contributed by atoms with Crippen LogP contribution in [0.3, 0.4) is 0 Å². The van der Waals surface area contributed by atoms with Gasteiger partial charge in [-0.2, -0.15) is 5.26 Å². The van der Waals surface area contributed by atoms with Crippen molar-refractivity contribution in [3.05, 3.63) is 92.2 Å². The van der Waals surface area contributed by atoms with Crippen molar-refractivity contribution in [3.8, 4) is 17.4 Å². The Balaban J connectivity index is 1.91. The van der Waals surface area contributed by atoms with Crippen LogP contribution in [0.4, 0.5) is 11.4 Å². The fourth-order valence-electron chi connectivity index (χ4n) is 2.44. The first-order chi connectivity index (χ1) is 13.0. The van der Waals surface area contributed by atoms with Crippen molar-refractivity contribution in [1.82, 2.24) is 0 Å². The van der Waals surface area contributed by atoms with Gasteiger partial charge in [-0.3, -0.25) is 20.2 Å². The van der Waals surface area contributed by atoms with Crippen molar-refractivity contribution < 1.29 is 14.3 Å². The van der Waals surface area contributed by atoms with Crippen LogP contribution in [0, 0.1) is 31.6 Å². The molecule has 0 radical (unpaired) electrons. The molecule has 0 aliphatic rings. The van der Waals surface area contributed by atoms with Crippen LogP contribution >= 0.6 is 0 Å². The Morgan fingerprint density at radius 1 is 0.963 bits per heavy atom. The normalized spacial score (nSPS) is 11.0. The van der Waals surface area contributed by atoms with Gasteiger partial charge < -0.3 is 4.42 Å². The van der Waals surface area contributed by atoms with Gasteiger partial charge in [0.25, 0.3) is 11.4 Å². The average molecular weight is 361 g/mol. The molecule has 0 atom stereocenters. The highest BCUT2D eigenvalue weighted by Gasteiger charge is 2.11. The van der Waals surface area contributed by atoms with Crippen molar-refractivity contribution in [2.75, 3.05) is 0 Å². The minimum Gasteiger partial charge on any atom is -0.457 e. The minimum absolute atomic E-state index is 0.0513. The Kier molecular flexibility index (Phi) is 4.77. The zero-order valence-corrected chi connectivity index (χ0v) is 13.7. The highest BCUT2D eigenvalue weighted by molar-refractivity contribution is 5.89. The zero-order chi connectivity index (χ0) is 19.4. The summed E-state index contributed by atoms with van der Waals surface area (Å²) in [6, 6.07) is 16.9. The Morgan fingerprint density at radius 2 is 1.67 bits per heavy atom. The summed E-state index contributed by atoms with van der Waals surface area (Å²) in [5, 5.41) is 31.0. The lowest BCUT2D eigenvalue weighted by Crippen LogP contribution is -1.88. The lowest BCUT2D eigenvalue weighted by Gasteiger charge is -1.99. The topological polar surface area (TPSA) is 123 Å². The molecular weight excluding hydrogens is 350 g/mol. The second kappa shape index (κ2) is 7.33. The molecule has 0 spiro atoms. The van der Waals surface area contributed by atoms with Crippen LogP contribution in [0.25, 0.3) is 23.0 Å². The van der Waals surface area contributed by atoms with E-state index in [-0.39, 0.29) is 16.9 Å². The van der Waals surface area contributed by atoms with Crippen molar-refractivity contribution in [2.45, 2.75) is 0 Å². The third-order valence-corrected chi connectivity index (χ3v) is 3.76. The van der Waals surface area contributed by atoms with E-state index in [1.807, 2.05) is 6.07 Å². The number of nitrogens with zero attached hydrogens (tertiary/aromatic N) is 3. The molecule has 132 valence electrons. The lowest BCUT2D eigenvalue weighted by atomic mass is 10.1. The van der Waals surface area contributed by atoms with Crippen LogP contribution < -0.4 is 0 Å². The highest BCUT2D eigenvalue weighted by atomic mass is 16.6. The van der Waals surface area contributed by atoms with Crippen molar-refractivity contribution >= 4 is 23.0 Å². The van der Waals surface area contributed by atoms with Crippen molar-refractivity contribution in [3.63, 3.8) is 0 Å². The third kappa shape index (κ3) is 3.88. The smallest absolute Gasteiger partial charge is 0.270 e. The fraction of sp³-hybridized carbons (Fsp3) is 0. The van der Waals surface area contributed by atoms with Gasteiger partial charge in [-0.15, -0.1) is 0 Å². The number of rotatable bonds is 5. The maximum absolute atomic E-state index is 10.9. The average Bonchev–Trinajstić information content (AvgIpc) is 3.15. The lowest BCUT2D eigenvalue weighted by molar-refractivity contribution is -0.385. The number of hydrogen-bond acceptors (Lipinski definition) is 6. The highest BCUT2D eigenvalue weighted by Crippen LogP contribution is 2.28. The molecule has 8 nitrogen and oxygen atoms in total. The van der Waals surface area contributed by atoms with Crippen LogP contribution in [-0.2, 0) is 0 Å². The molecule has 8 heteroatoms. The maximum Gasteiger partial charge on any atom is 0.270 e. The molecule has 3 aromatic rings. The van der Waals surface area contributed by atoms with Gasteiger partial charge in [0.1, 0.15) is 11.5 Å². The number of nitro benzene ring substituents is 2. The summed E-state index contributed by atoms with van der Waals surface area (Å²) < 4.78 is 5.66. The van der Waals surface area contributed by atoms with Crippen LogP contribution in [0.2, 0.25) is 0 Å². The summed E-state index contributed by atoms with van der Waals surface area (Å²) in [5.74, 6) is 0.803. The zero-order valence-electron chi connectivity index (χ0n) is 13.7. The van der Waals surface area contributed by atoms with E-state index in [1.54, 1.807) is 24.3 Å². The van der Waals surface area contributed by atoms with Crippen LogP contribution in [0.15, 0.2) is 65.1 Å². The molecule has 0 saturated carbocycles. The van der Waals surface area contributed by atoms with Crippen LogP contribution in [0.1, 0.15) is 11.3 Å². The van der Waals surface area contributed by atoms with Crippen LogP contribution in [-0.4, -0.2) is 9.85 Å². The molecule has 0 N–H and O–H groups in total. The third-order valence-electron chi connectivity index (χ3n) is 3.76. The number of hydrogen-bond donors (Lipinski definition) is 0. The SMILES string of the molecule is N#C/C(=C/c1ccc(-c2cccc([N+](=O)[O-])c2)o1)c1ccc([N+](=O)[O-])cc1. The molecule has 0 aliphatic heterocycles. The molecule has 1 aromatic heterocycles. The first-order valence-electron chi connectivity index (χ1n) is 7.69. The Labute approximate surface area is 152 Å². The second-order valence-electron chi connectivity index (χ2n) is 5.48. The molecular formula is C19H11N3O5. The largest absolute Gasteiger partial charge is 0.457 e. The predicted octanol–water partition coefficient (Wildman–Crippen LogP) is 4.83. The Bertz CT molecular complexity index is 1090. The number of nitro groups is 2. The molecule has 27 heavy (non-hydrogen) atoms. The minimum atomic E-state index is -0.516. The van der Waals surface area contributed by atoms with Gasteiger partial charge in [0.15, 0.2) is 0 Å². The van der Waals surface area contributed by atoms with E-state index in [0.29, 0.717) is 22.6 Å². The van der Waals surface area contributed by atoms with Crippen LogP contribution in [0.5, 0.6) is 0 Å². The molecule has 0 unspecified atom stereocenters. The first kappa shape index (κ1) is 17.6. The fourth-order valence-corrected chi connectivity index (χ4v) is 2.44. The molecule has 0 fully saturated rings. The monoisotopic (exact) mass is 361 g/mol. The van der Waals surface area contributed by atoms with Gasteiger partial charge in [-0.1, -0.05) is 12.1 Å². The molecule has 0 saturated heterocycles. The van der Waals surface area contributed by atoms with E-state index in [4.69, 9.17) is 4.42 Å². The summed E-state index contributed by atoms with van der Waals surface area (Å²) in [5.41, 5.74) is 1.20. The van der Waals surface area contributed by atoms with E-state index in [2.05, 4.69) is 0 Å².